The number of benzene rings is 1. The SMILES string of the molecule is CCC1(N)C(Cc2ccccc2)CC[Si](OC)(OC)C1(CCCN)OC. The van der Waals surface area contributed by atoms with Crippen LogP contribution in [0.4, 0.5) is 0 Å². The van der Waals surface area contributed by atoms with E-state index in [0.29, 0.717) is 12.5 Å². The summed E-state index contributed by atoms with van der Waals surface area (Å²) in [6, 6.07) is 11.5. The molecule has 1 fully saturated rings. The molecule has 1 aliphatic heterocycles. The molecule has 0 amide bonds. The van der Waals surface area contributed by atoms with E-state index in [1.807, 2.05) is 6.07 Å². The second kappa shape index (κ2) is 8.95. The first-order chi connectivity index (χ1) is 12.5. The van der Waals surface area contributed by atoms with E-state index in [0.717, 1.165) is 38.1 Å². The van der Waals surface area contributed by atoms with Gasteiger partial charge in [-0.1, -0.05) is 37.3 Å². The molecule has 1 aromatic rings. The molecule has 0 saturated carbocycles. The first-order valence-electron chi connectivity index (χ1n) is 9.67. The Hall–Kier alpha value is -0.763. The number of methoxy groups -OCH3 is 1. The molecule has 0 spiro atoms. The first-order valence-corrected chi connectivity index (χ1v) is 11.7. The Kier molecular flexibility index (Phi) is 7.41. The average molecular weight is 381 g/mol. The lowest BCUT2D eigenvalue weighted by atomic mass is 9.71. The van der Waals surface area contributed by atoms with Gasteiger partial charge in [0, 0.05) is 26.9 Å². The second-order valence-electron chi connectivity index (χ2n) is 7.40. The normalized spacial score (nSPS) is 31.1. The average Bonchev–Trinajstić information content (AvgIpc) is 2.69. The zero-order valence-electron chi connectivity index (χ0n) is 16.8. The summed E-state index contributed by atoms with van der Waals surface area (Å²) in [5.41, 5.74) is 13.9. The van der Waals surface area contributed by atoms with Gasteiger partial charge in [0.2, 0.25) is 0 Å². The van der Waals surface area contributed by atoms with Crippen LogP contribution in [0.1, 0.15) is 38.2 Å². The van der Waals surface area contributed by atoms with Crippen LogP contribution in [0.2, 0.25) is 6.04 Å². The molecular formula is C20H36N2O3Si. The number of hydrogen-bond donors (Lipinski definition) is 2. The summed E-state index contributed by atoms with van der Waals surface area (Å²) in [6.07, 6.45) is 4.35. The molecule has 148 valence electrons. The van der Waals surface area contributed by atoms with Gasteiger partial charge < -0.3 is 25.1 Å². The van der Waals surface area contributed by atoms with Crippen LogP contribution < -0.4 is 11.5 Å². The Morgan fingerprint density at radius 1 is 1.15 bits per heavy atom. The maximum Gasteiger partial charge on any atom is 0.372 e. The van der Waals surface area contributed by atoms with Gasteiger partial charge in [0.15, 0.2) is 0 Å². The minimum absolute atomic E-state index is 0.304. The quantitative estimate of drug-likeness (QED) is 0.644. The van der Waals surface area contributed by atoms with Crippen molar-refractivity contribution in [1.82, 2.24) is 0 Å². The molecule has 1 aliphatic rings. The van der Waals surface area contributed by atoms with E-state index in [2.05, 4.69) is 31.2 Å². The Bertz CT molecular complexity index is 555. The summed E-state index contributed by atoms with van der Waals surface area (Å²) >= 11 is 0. The number of ether oxygens (including phenoxy) is 1. The fourth-order valence-electron chi connectivity index (χ4n) is 5.10. The van der Waals surface area contributed by atoms with Gasteiger partial charge in [-0.25, -0.2) is 0 Å². The summed E-state index contributed by atoms with van der Waals surface area (Å²) in [5.74, 6) is 0.304. The molecule has 0 aliphatic carbocycles. The molecule has 3 unspecified atom stereocenters. The topological polar surface area (TPSA) is 79.7 Å². The fraction of sp³-hybridized carbons (Fsp3) is 0.700. The van der Waals surface area contributed by atoms with Crippen molar-refractivity contribution in [2.75, 3.05) is 27.9 Å². The Balaban J connectivity index is 2.49. The van der Waals surface area contributed by atoms with Crippen LogP contribution in [0.15, 0.2) is 30.3 Å². The summed E-state index contributed by atoms with van der Waals surface area (Å²) in [5, 5.41) is -0.616. The lowest BCUT2D eigenvalue weighted by Gasteiger charge is -2.60. The summed E-state index contributed by atoms with van der Waals surface area (Å²) < 4.78 is 18.5. The smallest absolute Gasteiger partial charge is 0.372 e. The molecule has 2 rings (SSSR count). The van der Waals surface area contributed by atoms with E-state index in [1.54, 1.807) is 21.3 Å². The Labute approximate surface area is 159 Å². The Morgan fingerprint density at radius 2 is 1.81 bits per heavy atom. The first kappa shape index (κ1) is 21.5. The van der Waals surface area contributed by atoms with E-state index in [1.165, 1.54) is 5.56 Å². The second-order valence-corrected chi connectivity index (χ2v) is 11.0. The highest BCUT2D eigenvalue weighted by atomic mass is 28.4. The van der Waals surface area contributed by atoms with Crippen molar-refractivity contribution in [2.45, 2.75) is 55.8 Å². The zero-order chi connectivity index (χ0) is 19.3. The molecule has 4 N–H and O–H groups in total. The third kappa shape index (κ3) is 3.39. The molecule has 0 radical (unpaired) electrons. The highest BCUT2D eigenvalue weighted by Gasteiger charge is 2.70. The third-order valence-electron chi connectivity index (χ3n) is 6.57. The highest BCUT2D eigenvalue weighted by Crippen LogP contribution is 2.52. The molecular weight excluding hydrogens is 344 g/mol. The van der Waals surface area contributed by atoms with Gasteiger partial charge in [0.1, 0.15) is 5.22 Å². The van der Waals surface area contributed by atoms with Crippen molar-refractivity contribution in [1.29, 1.82) is 0 Å². The fourth-order valence-corrected chi connectivity index (χ4v) is 9.43. The number of hydrogen-bond acceptors (Lipinski definition) is 5. The minimum atomic E-state index is -2.67. The molecule has 6 heteroatoms. The predicted molar refractivity (Wildman–Crippen MR) is 108 cm³/mol. The standard InChI is InChI=1S/C20H36N2O3Si/c1-5-19(22)18(16-17-10-7-6-8-11-17)12-15-26(24-3,25-4)20(19,23-2)13-9-14-21/h6-8,10-11,18H,5,9,12-16,21-22H2,1-4H3. The van der Waals surface area contributed by atoms with Gasteiger partial charge in [-0.05, 0) is 56.2 Å². The van der Waals surface area contributed by atoms with E-state index in [4.69, 9.17) is 25.1 Å². The molecule has 5 nitrogen and oxygen atoms in total. The largest absolute Gasteiger partial charge is 0.396 e. The van der Waals surface area contributed by atoms with Crippen LogP contribution in [-0.2, 0) is 20.0 Å². The molecule has 0 aromatic heterocycles. The van der Waals surface area contributed by atoms with E-state index >= 15 is 0 Å². The highest BCUT2D eigenvalue weighted by molar-refractivity contribution is 6.71. The lowest BCUT2D eigenvalue weighted by Crippen LogP contribution is -2.81. The molecule has 3 atom stereocenters. The van der Waals surface area contributed by atoms with E-state index in [9.17, 15) is 0 Å². The molecule has 1 heterocycles. The van der Waals surface area contributed by atoms with Gasteiger partial charge in [0.05, 0.1) is 0 Å². The zero-order valence-corrected chi connectivity index (χ0v) is 17.8. The number of rotatable bonds is 9. The third-order valence-corrected chi connectivity index (χ3v) is 11.0. The van der Waals surface area contributed by atoms with Crippen LogP contribution >= 0.6 is 0 Å². The van der Waals surface area contributed by atoms with Crippen LogP contribution in [0.5, 0.6) is 0 Å². The molecule has 26 heavy (non-hydrogen) atoms. The molecule has 0 bridgehead atoms. The predicted octanol–water partition coefficient (Wildman–Crippen LogP) is 2.75. The monoisotopic (exact) mass is 380 g/mol. The van der Waals surface area contributed by atoms with Crippen molar-refractivity contribution >= 4 is 8.56 Å². The summed E-state index contributed by atoms with van der Waals surface area (Å²) in [7, 11) is 2.60. The molecule has 1 aromatic carbocycles. The maximum atomic E-state index is 7.22. The van der Waals surface area contributed by atoms with Crippen molar-refractivity contribution < 1.29 is 13.6 Å². The van der Waals surface area contributed by atoms with Gasteiger partial charge in [-0.2, -0.15) is 0 Å². The van der Waals surface area contributed by atoms with E-state index in [-0.39, 0.29) is 0 Å². The van der Waals surface area contributed by atoms with Crippen molar-refractivity contribution in [2.24, 2.45) is 17.4 Å². The van der Waals surface area contributed by atoms with Crippen molar-refractivity contribution in [3.05, 3.63) is 35.9 Å². The van der Waals surface area contributed by atoms with Crippen molar-refractivity contribution in [3.63, 3.8) is 0 Å². The van der Waals surface area contributed by atoms with E-state index < -0.39 is 19.3 Å². The lowest BCUT2D eigenvalue weighted by molar-refractivity contribution is -0.0891. The van der Waals surface area contributed by atoms with Crippen LogP contribution in [0.25, 0.3) is 0 Å². The van der Waals surface area contributed by atoms with Gasteiger partial charge in [-0.3, -0.25) is 0 Å². The number of nitrogens with two attached hydrogens (primary N) is 2. The van der Waals surface area contributed by atoms with Crippen LogP contribution in [0.3, 0.4) is 0 Å². The minimum Gasteiger partial charge on any atom is -0.396 e. The summed E-state index contributed by atoms with van der Waals surface area (Å²) in [6.45, 7) is 2.76. The molecule has 1 saturated heterocycles. The Morgan fingerprint density at radius 3 is 2.31 bits per heavy atom. The maximum absolute atomic E-state index is 7.22. The summed E-state index contributed by atoms with van der Waals surface area (Å²) in [4.78, 5) is 0. The van der Waals surface area contributed by atoms with Crippen molar-refractivity contribution in [3.8, 4) is 0 Å². The van der Waals surface area contributed by atoms with Crippen LogP contribution in [-0.4, -0.2) is 47.2 Å². The van der Waals surface area contributed by atoms with Gasteiger partial charge in [0.25, 0.3) is 0 Å². The van der Waals surface area contributed by atoms with Gasteiger partial charge >= 0.3 is 8.56 Å². The van der Waals surface area contributed by atoms with Gasteiger partial charge in [-0.15, -0.1) is 0 Å². The van der Waals surface area contributed by atoms with Crippen LogP contribution in [0, 0.1) is 5.92 Å².